The van der Waals surface area contributed by atoms with Gasteiger partial charge in [0.1, 0.15) is 17.7 Å². The first-order valence-corrected chi connectivity index (χ1v) is 7.34. The Morgan fingerprint density at radius 1 is 1.04 bits per heavy atom. The van der Waals surface area contributed by atoms with Crippen LogP contribution in [0.1, 0.15) is 31.1 Å². The minimum Gasteiger partial charge on any atom is -0.453 e. The van der Waals surface area contributed by atoms with Gasteiger partial charge in [0.2, 0.25) is 0 Å². The Hall–Kier alpha value is -2.95. The van der Waals surface area contributed by atoms with Crippen LogP contribution in [0.5, 0.6) is 5.75 Å². The third-order valence-corrected chi connectivity index (χ3v) is 3.09. The van der Waals surface area contributed by atoms with Crippen molar-refractivity contribution in [3.05, 3.63) is 71.6 Å². The fourth-order valence-corrected chi connectivity index (χ4v) is 2.14. The van der Waals surface area contributed by atoms with Gasteiger partial charge in [-0.05, 0) is 29.8 Å². The summed E-state index contributed by atoms with van der Waals surface area (Å²) in [7, 11) is 0. The van der Waals surface area contributed by atoms with Crippen LogP contribution in [-0.2, 0) is 14.3 Å². The van der Waals surface area contributed by atoms with Crippen molar-refractivity contribution in [1.29, 1.82) is 0 Å². The summed E-state index contributed by atoms with van der Waals surface area (Å²) in [4.78, 5) is 22.6. The van der Waals surface area contributed by atoms with Crippen LogP contribution in [0.4, 0.5) is 4.39 Å². The standard InChI is InChI=1S/C19H17FO4/c1-13(21)23-18(10-8-15-6-4-3-5-7-15)17-12-16(20)9-11-19(17)24-14(2)22/h3-12,18H,1-2H3. The van der Waals surface area contributed by atoms with E-state index in [0.29, 0.717) is 0 Å². The lowest BCUT2D eigenvalue weighted by Crippen LogP contribution is -2.10. The Morgan fingerprint density at radius 2 is 1.75 bits per heavy atom. The van der Waals surface area contributed by atoms with Crippen LogP contribution in [0.15, 0.2) is 54.6 Å². The highest BCUT2D eigenvalue weighted by molar-refractivity contribution is 5.70. The van der Waals surface area contributed by atoms with Gasteiger partial charge in [-0.1, -0.05) is 36.4 Å². The van der Waals surface area contributed by atoms with E-state index >= 15 is 0 Å². The molecule has 4 nitrogen and oxygen atoms in total. The highest BCUT2D eigenvalue weighted by Gasteiger charge is 2.19. The summed E-state index contributed by atoms with van der Waals surface area (Å²) in [5.41, 5.74) is 1.15. The average Bonchev–Trinajstić information content (AvgIpc) is 2.53. The second-order valence-corrected chi connectivity index (χ2v) is 5.08. The van der Waals surface area contributed by atoms with Gasteiger partial charge in [-0.15, -0.1) is 0 Å². The van der Waals surface area contributed by atoms with Gasteiger partial charge in [0.05, 0.1) is 0 Å². The molecule has 2 aromatic carbocycles. The molecule has 0 fully saturated rings. The maximum Gasteiger partial charge on any atom is 0.308 e. The molecule has 0 aliphatic heterocycles. The zero-order valence-corrected chi connectivity index (χ0v) is 13.4. The van der Waals surface area contributed by atoms with Crippen molar-refractivity contribution in [3.63, 3.8) is 0 Å². The van der Waals surface area contributed by atoms with Crippen molar-refractivity contribution in [3.8, 4) is 5.75 Å². The molecule has 124 valence electrons. The molecule has 0 saturated carbocycles. The highest BCUT2D eigenvalue weighted by Crippen LogP contribution is 2.30. The van der Waals surface area contributed by atoms with Gasteiger partial charge in [0.15, 0.2) is 0 Å². The summed E-state index contributed by atoms with van der Waals surface area (Å²) in [6.45, 7) is 2.50. The van der Waals surface area contributed by atoms with Gasteiger partial charge in [-0.2, -0.15) is 0 Å². The highest BCUT2D eigenvalue weighted by atomic mass is 19.1. The second kappa shape index (κ2) is 8.06. The number of ether oxygens (including phenoxy) is 2. The topological polar surface area (TPSA) is 52.6 Å². The largest absolute Gasteiger partial charge is 0.453 e. The summed E-state index contributed by atoms with van der Waals surface area (Å²) in [5.74, 6) is -1.45. The number of rotatable bonds is 5. The van der Waals surface area contributed by atoms with Gasteiger partial charge in [-0.25, -0.2) is 4.39 Å². The predicted octanol–water partition coefficient (Wildman–Crippen LogP) is 4.07. The molecule has 0 N–H and O–H groups in total. The minimum atomic E-state index is -0.882. The lowest BCUT2D eigenvalue weighted by Gasteiger charge is -2.17. The first-order valence-electron chi connectivity index (χ1n) is 7.34. The van der Waals surface area contributed by atoms with Crippen LogP contribution >= 0.6 is 0 Å². The van der Waals surface area contributed by atoms with E-state index in [9.17, 15) is 14.0 Å². The lowest BCUT2D eigenvalue weighted by atomic mass is 10.1. The van der Waals surface area contributed by atoms with E-state index in [1.54, 1.807) is 12.2 Å². The SMILES string of the molecule is CC(=O)Oc1ccc(F)cc1C(C=Cc1ccccc1)OC(C)=O. The molecule has 0 aliphatic rings. The molecule has 5 heteroatoms. The molecule has 2 rings (SSSR count). The smallest absolute Gasteiger partial charge is 0.308 e. The van der Waals surface area contributed by atoms with Crippen LogP contribution in [0.2, 0.25) is 0 Å². The van der Waals surface area contributed by atoms with Crippen LogP contribution in [0, 0.1) is 5.82 Å². The van der Waals surface area contributed by atoms with Crippen molar-refractivity contribution in [1.82, 2.24) is 0 Å². The summed E-state index contributed by atoms with van der Waals surface area (Å²) >= 11 is 0. The van der Waals surface area contributed by atoms with Gasteiger partial charge in [0, 0.05) is 19.4 Å². The molecule has 0 heterocycles. The summed E-state index contributed by atoms with van der Waals surface area (Å²) in [6, 6.07) is 13.1. The van der Waals surface area contributed by atoms with Gasteiger partial charge < -0.3 is 9.47 Å². The van der Waals surface area contributed by atoms with Crippen molar-refractivity contribution in [2.45, 2.75) is 20.0 Å². The monoisotopic (exact) mass is 328 g/mol. The molecular weight excluding hydrogens is 311 g/mol. The van der Waals surface area contributed by atoms with E-state index in [1.807, 2.05) is 30.3 Å². The van der Waals surface area contributed by atoms with Crippen molar-refractivity contribution < 1.29 is 23.5 Å². The Bertz CT molecular complexity index is 753. The summed E-state index contributed by atoms with van der Waals surface area (Å²) < 4.78 is 24.0. The fourth-order valence-electron chi connectivity index (χ4n) is 2.14. The first kappa shape index (κ1) is 17.4. The predicted molar refractivity (Wildman–Crippen MR) is 87.7 cm³/mol. The molecular formula is C19H17FO4. The zero-order valence-electron chi connectivity index (χ0n) is 13.4. The second-order valence-electron chi connectivity index (χ2n) is 5.08. The quantitative estimate of drug-likeness (QED) is 0.613. The molecule has 0 radical (unpaired) electrons. The van der Waals surface area contributed by atoms with E-state index in [0.717, 1.165) is 5.56 Å². The molecule has 0 bridgehead atoms. The first-order chi connectivity index (χ1) is 11.5. The molecule has 0 amide bonds. The van der Waals surface area contributed by atoms with Crippen LogP contribution in [0.3, 0.4) is 0 Å². The van der Waals surface area contributed by atoms with Crippen LogP contribution in [0.25, 0.3) is 6.08 Å². The van der Waals surface area contributed by atoms with Gasteiger partial charge >= 0.3 is 11.9 Å². The molecule has 0 aliphatic carbocycles. The number of benzene rings is 2. The molecule has 1 atom stereocenters. The summed E-state index contributed by atoms with van der Waals surface area (Å²) in [6.07, 6.45) is 2.47. The molecule has 0 aromatic heterocycles. The number of esters is 2. The Kier molecular flexibility index (Phi) is 5.84. The van der Waals surface area contributed by atoms with E-state index < -0.39 is 23.9 Å². The fraction of sp³-hybridized carbons (Fsp3) is 0.158. The van der Waals surface area contributed by atoms with E-state index in [-0.39, 0.29) is 11.3 Å². The van der Waals surface area contributed by atoms with Crippen LogP contribution in [-0.4, -0.2) is 11.9 Å². The van der Waals surface area contributed by atoms with E-state index in [1.165, 1.54) is 32.0 Å². The Morgan fingerprint density at radius 3 is 2.38 bits per heavy atom. The normalized spacial score (nSPS) is 12.0. The zero-order chi connectivity index (χ0) is 17.5. The van der Waals surface area contributed by atoms with Gasteiger partial charge in [0.25, 0.3) is 0 Å². The number of hydrogen-bond donors (Lipinski definition) is 0. The minimum absolute atomic E-state index is 0.146. The molecule has 0 saturated heterocycles. The number of carbonyl (C=O) groups excluding carboxylic acids is 2. The van der Waals surface area contributed by atoms with E-state index in [4.69, 9.17) is 9.47 Å². The van der Waals surface area contributed by atoms with E-state index in [2.05, 4.69) is 0 Å². The third kappa shape index (κ3) is 5.05. The Labute approximate surface area is 139 Å². The maximum absolute atomic E-state index is 13.6. The average molecular weight is 328 g/mol. The Balaban J connectivity index is 2.40. The number of hydrogen-bond acceptors (Lipinski definition) is 4. The molecule has 1 unspecified atom stereocenters. The number of halogens is 1. The van der Waals surface area contributed by atoms with Crippen LogP contribution < -0.4 is 4.74 Å². The van der Waals surface area contributed by atoms with Gasteiger partial charge in [-0.3, -0.25) is 9.59 Å². The molecule has 2 aromatic rings. The molecule has 0 spiro atoms. The summed E-state index contributed by atoms with van der Waals surface area (Å²) in [5, 5.41) is 0. The third-order valence-electron chi connectivity index (χ3n) is 3.09. The number of carbonyl (C=O) groups is 2. The lowest BCUT2D eigenvalue weighted by molar-refractivity contribution is -0.144. The van der Waals surface area contributed by atoms with Crippen molar-refractivity contribution in [2.75, 3.05) is 0 Å². The van der Waals surface area contributed by atoms with Crippen molar-refractivity contribution >= 4 is 18.0 Å². The maximum atomic E-state index is 13.6. The molecule has 24 heavy (non-hydrogen) atoms. The van der Waals surface area contributed by atoms with Crippen molar-refractivity contribution in [2.24, 2.45) is 0 Å².